The van der Waals surface area contributed by atoms with Crippen molar-refractivity contribution in [1.82, 2.24) is 14.9 Å². The van der Waals surface area contributed by atoms with E-state index in [2.05, 4.69) is 45.0 Å². The van der Waals surface area contributed by atoms with E-state index in [-0.39, 0.29) is 18.4 Å². The van der Waals surface area contributed by atoms with Crippen molar-refractivity contribution in [2.45, 2.75) is 39.0 Å². The van der Waals surface area contributed by atoms with Crippen molar-refractivity contribution in [3.8, 4) is 0 Å². The summed E-state index contributed by atoms with van der Waals surface area (Å²) in [6.45, 7) is 4.82. The van der Waals surface area contributed by atoms with E-state index in [0.717, 1.165) is 78.5 Å². The Morgan fingerprint density at radius 2 is 1.97 bits per heavy atom. The van der Waals surface area contributed by atoms with Crippen LogP contribution in [0.2, 0.25) is 0 Å². The van der Waals surface area contributed by atoms with Crippen LogP contribution < -0.4 is 11.1 Å². The van der Waals surface area contributed by atoms with Crippen LogP contribution >= 0.6 is 11.3 Å². The number of hydrogen-bond donors (Lipinski definition) is 3. The summed E-state index contributed by atoms with van der Waals surface area (Å²) in [7, 11) is 1.38. The third-order valence-electron chi connectivity index (χ3n) is 6.42. The van der Waals surface area contributed by atoms with E-state index in [9.17, 15) is 9.59 Å². The van der Waals surface area contributed by atoms with E-state index in [0.29, 0.717) is 12.1 Å². The van der Waals surface area contributed by atoms with Crippen molar-refractivity contribution < 1.29 is 14.3 Å². The molecule has 37 heavy (non-hydrogen) atoms. The molecule has 0 aliphatic heterocycles. The number of primary amides is 1. The molecule has 9 heteroatoms. The number of nitrogens with two attached hydrogens (primary N) is 1. The number of amides is 1. The smallest absolute Gasteiger partial charge is 0.337 e. The lowest BCUT2D eigenvalue weighted by atomic mass is 10.1. The summed E-state index contributed by atoms with van der Waals surface area (Å²) < 4.78 is 4.89. The van der Waals surface area contributed by atoms with Crippen molar-refractivity contribution in [3.05, 3.63) is 57.9 Å². The van der Waals surface area contributed by atoms with E-state index in [4.69, 9.17) is 15.5 Å². The number of aromatic amines is 1. The van der Waals surface area contributed by atoms with Crippen LogP contribution in [0.5, 0.6) is 0 Å². The number of benzene rings is 1. The van der Waals surface area contributed by atoms with Crippen LogP contribution in [0.15, 0.2) is 41.1 Å². The van der Waals surface area contributed by atoms with Gasteiger partial charge in [-0.1, -0.05) is 25.8 Å². The average molecular weight is 522 g/mol. The Morgan fingerprint density at radius 3 is 2.70 bits per heavy atom. The third-order valence-corrected chi connectivity index (χ3v) is 7.15. The first-order valence-corrected chi connectivity index (χ1v) is 13.7. The molecule has 3 aromatic heterocycles. The van der Waals surface area contributed by atoms with Crippen molar-refractivity contribution in [3.63, 3.8) is 0 Å². The fourth-order valence-corrected chi connectivity index (χ4v) is 5.30. The number of pyridine rings is 1. The molecule has 0 saturated carbocycles. The highest BCUT2D eigenvalue weighted by molar-refractivity contribution is 7.07. The van der Waals surface area contributed by atoms with Gasteiger partial charge in [-0.2, -0.15) is 11.3 Å². The minimum atomic E-state index is -0.366. The summed E-state index contributed by atoms with van der Waals surface area (Å²) >= 11 is 1.67. The van der Waals surface area contributed by atoms with Gasteiger partial charge in [-0.3, -0.25) is 9.69 Å². The molecular weight excluding hydrogens is 486 g/mol. The maximum atomic E-state index is 12.1. The van der Waals surface area contributed by atoms with Crippen LogP contribution in [-0.2, 0) is 16.0 Å². The molecule has 1 amide bonds. The number of hydrogen-bond acceptors (Lipinski definition) is 7. The SMILES string of the molecule is CCCCCN(CCCNc1nc(Cc2ccsc2)cc2[nH]c3cc(C(=O)OC)ccc3c12)CC(N)=O. The lowest BCUT2D eigenvalue weighted by Gasteiger charge is -2.20. The summed E-state index contributed by atoms with van der Waals surface area (Å²) in [4.78, 5) is 34.2. The van der Waals surface area contributed by atoms with Gasteiger partial charge in [-0.25, -0.2) is 9.78 Å². The Kier molecular flexibility index (Phi) is 9.14. The van der Waals surface area contributed by atoms with Gasteiger partial charge in [-0.05, 0) is 60.0 Å². The topological polar surface area (TPSA) is 113 Å². The highest BCUT2D eigenvalue weighted by Gasteiger charge is 2.15. The first-order valence-electron chi connectivity index (χ1n) is 12.8. The molecule has 0 bridgehead atoms. The lowest BCUT2D eigenvalue weighted by molar-refractivity contribution is -0.119. The molecule has 4 rings (SSSR count). The number of ether oxygens (including phenoxy) is 1. The Hall–Kier alpha value is -3.43. The van der Waals surface area contributed by atoms with Gasteiger partial charge in [0, 0.05) is 41.5 Å². The molecule has 0 aliphatic rings. The number of H-pyrrole nitrogens is 1. The molecular formula is C28H35N5O3S. The molecule has 4 N–H and O–H groups in total. The summed E-state index contributed by atoms with van der Waals surface area (Å²) in [5.41, 5.74) is 9.98. The first-order chi connectivity index (χ1) is 18.0. The number of esters is 1. The first kappa shape index (κ1) is 26.6. The zero-order valence-corrected chi connectivity index (χ0v) is 22.3. The zero-order chi connectivity index (χ0) is 26.2. The van der Waals surface area contributed by atoms with Gasteiger partial charge in [0.25, 0.3) is 0 Å². The van der Waals surface area contributed by atoms with Gasteiger partial charge in [0.15, 0.2) is 0 Å². The van der Waals surface area contributed by atoms with Crippen LogP contribution in [-0.4, -0.2) is 60.0 Å². The van der Waals surface area contributed by atoms with E-state index in [1.807, 2.05) is 12.1 Å². The van der Waals surface area contributed by atoms with Crippen LogP contribution in [0.25, 0.3) is 21.8 Å². The van der Waals surface area contributed by atoms with Crippen molar-refractivity contribution in [2.24, 2.45) is 5.73 Å². The number of rotatable bonds is 14. The predicted octanol–water partition coefficient (Wildman–Crippen LogP) is 4.93. The molecule has 0 spiro atoms. The quantitative estimate of drug-likeness (QED) is 0.160. The van der Waals surface area contributed by atoms with E-state index < -0.39 is 0 Å². The minimum Gasteiger partial charge on any atom is -0.465 e. The second-order valence-corrected chi connectivity index (χ2v) is 10.1. The summed E-state index contributed by atoms with van der Waals surface area (Å²) in [5.74, 6) is 0.154. The van der Waals surface area contributed by atoms with Gasteiger partial charge < -0.3 is 20.8 Å². The monoisotopic (exact) mass is 521 g/mol. The molecule has 3 heterocycles. The van der Waals surface area contributed by atoms with Crippen LogP contribution in [0.4, 0.5) is 5.82 Å². The maximum Gasteiger partial charge on any atom is 0.337 e. The summed E-state index contributed by atoms with van der Waals surface area (Å²) in [6.07, 6.45) is 4.94. The van der Waals surface area contributed by atoms with Gasteiger partial charge >= 0.3 is 5.97 Å². The number of unbranched alkanes of at least 4 members (excludes halogenated alkanes) is 2. The molecule has 196 valence electrons. The predicted molar refractivity (Wildman–Crippen MR) is 150 cm³/mol. The number of methoxy groups -OCH3 is 1. The molecule has 0 atom stereocenters. The number of carbonyl (C=O) groups excluding carboxylic acids is 2. The lowest BCUT2D eigenvalue weighted by Crippen LogP contribution is -2.35. The number of carbonyl (C=O) groups is 2. The number of thiophene rings is 1. The fraction of sp³-hybridized carbons (Fsp3) is 0.393. The van der Waals surface area contributed by atoms with E-state index >= 15 is 0 Å². The Balaban J connectivity index is 1.57. The summed E-state index contributed by atoms with van der Waals surface area (Å²) in [5, 5.41) is 9.75. The van der Waals surface area contributed by atoms with E-state index in [1.54, 1.807) is 17.4 Å². The average Bonchev–Trinajstić information content (AvgIpc) is 3.52. The largest absolute Gasteiger partial charge is 0.465 e. The molecule has 0 unspecified atom stereocenters. The Labute approximate surface area is 221 Å². The molecule has 0 saturated heterocycles. The molecule has 1 aromatic carbocycles. The van der Waals surface area contributed by atoms with Gasteiger partial charge in [-0.15, -0.1) is 0 Å². The second kappa shape index (κ2) is 12.7. The molecule has 8 nitrogen and oxygen atoms in total. The number of nitrogens with one attached hydrogen (secondary N) is 2. The van der Waals surface area contributed by atoms with E-state index in [1.165, 1.54) is 12.7 Å². The van der Waals surface area contributed by atoms with Gasteiger partial charge in [0.2, 0.25) is 5.91 Å². The highest BCUT2D eigenvalue weighted by atomic mass is 32.1. The minimum absolute atomic E-state index is 0.285. The normalized spacial score (nSPS) is 11.4. The van der Waals surface area contributed by atoms with Crippen LogP contribution in [0.3, 0.4) is 0 Å². The molecule has 4 aromatic rings. The maximum absolute atomic E-state index is 12.1. The molecule has 0 fully saturated rings. The van der Waals surface area contributed by atoms with Crippen LogP contribution in [0, 0.1) is 0 Å². The number of anilines is 1. The second-order valence-electron chi connectivity index (χ2n) is 9.30. The third kappa shape index (κ3) is 6.87. The molecule has 0 radical (unpaired) electrons. The number of nitrogens with zero attached hydrogens (tertiary/aromatic N) is 2. The van der Waals surface area contributed by atoms with Crippen molar-refractivity contribution in [2.75, 3.05) is 38.6 Å². The number of fused-ring (bicyclic) bond motifs is 3. The van der Waals surface area contributed by atoms with Gasteiger partial charge in [0.1, 0.15) is 5.82 Å². The van der Waals surface area contributed by atoms with Crippen molar-refractivity contribution in [1.29, 1.82) is 0 Å². The fourth-order valence-electron chi connectivity index (χ4n) is 4.63. The standard InChI is InChI=1S/C28H35N5O3S/c1-3-4-5-11-33(17-25(29)34)12-6-10-30-27-26-22-8-7-20(28(35)36-2)15-23(22)32-24(26)16-21(31-27)14-19-9-13-37-18-19/h7-9,13,15-16,18,32H,3-6,10-12,14,17H2,1-2H3,(H2,29,34)(H,30,31). The Bertz CT molecular complexity index is 1350. The van der Waals surface area contributed by atoms with Crippen LogP contribution in [0.1, 0.15) is 54.2 Å². The highest BCUT2D eigenvalue weighted by Crippen LogP contribution is 2.32. The zero-order valence-electron chi connectivity index (χ0n) is 21.5. The van der Waals surface area contributed by atoms with Crippen molar-refractivity contribution >= 4 is 50.8 Å². The summed E-state index contributed by atoms with van der Waals surface area (Å²) in [6, 6.07) is 9.74. The van der Waals surface area contributed by atoms with Gasteiger partial charge in [0.05, 0.1) is 24.7 Å². The Morgan fingerprint density at radius 1 is 1.14 bits per heavy atom. The molecule has 0 aliphatic carbocycles. The number of aromatic nitrogens is 2.